The molecule has 3 nitrogen and oxygen atoms in total. The van der Waals surface area contributed by atoms with Crippen LogP contribution in [0.2, 0.25) is 0 Å². The summed E-state index contributed by atoms with van der Waals surface area (Å²) in [6.07, 6.45) is 2.61. The van der Waals surface area contributed by atoms with E-state index in [1.807, 2.05) is 6.92 Å². The van der Waals surface area contributed by atoms with E-state index >= 15 is 0 Å². The molecule has 0 bridgehead atoms. The van der Waals surface area contributed by atoms with E-state index in [0.717, 1.165) is 24.0 Å². The van der Waals surface area contributed by atoms with Gasteiger partial charge in [-0.15, -0.1) is 0 Å². The summed E-state index contributed by atoms with van der Waals surface area (Å²) < 4.78 is 5.76. The van der Waals surface area contributed by atoms with Crippen molar-refractivity contribution in [3.63, 3.8) is 0 Å². The van der Waals surface area contributed by atoms with Crippen molar-refractivity contribution in [2.45, 2.75) is 39.7 Å². The Balaban J connectivity index is 1.94. The van der Waals surface area contributed by atoms with E-state index in [-0.39, 0.29) is 0 Å². The van der Waals surface area contributed by atoms with Gasteiger partial charge in [0.1, 0.15) is 11.5 Å². The van der Waals surface area contributed by atoms with Crippen molar-refractivity contribution in [2.24, 2.45) is 5.92 Å². The standard InChI is InChI=1S/C15H26N2O/c1-4-17(11-14-7-9-16-10-8-14)13(3)15-6-5-12(2)18-15/h5-6,13-14,16H,4,7-11H2,1-3H3. The van der Waals surface area contributed by atoms with Gasteiger partial charge in [0.15, 0.2) is 0 Å². The van der Waals surface area contributed by atoms with Crippen LogP contribution in [0.15, 0.2) is 16.5 Å². The number of hydrogen-bond acceptors (Lipinski definition) is 3. The van der Waals surface area contributed by atoms with Gasteiger partial charge < -0.3 is 9.73 Å². The number of piperidine rings is 1. The van der Waals surface area contributed by atoms with Gasteiger partial charge >= 0.3 is 0 Å². The summed E-state index contributed by atoms with van der Waals surface area (Å²) in [5.74, 6) is 2.95. The molecule has 1 aromatic heterocycles. The van der Waals surface area contributed by atoms with E-state index in [1.165, 1.54) is 32.5 Å². The molecule has 1 atom stereocenters. The van der Waals surface area contributed by atoms with Crippen LogP contribution in [0, 0.1) is 12.8 Å². The average molecular weight is 250 g/mol. The minimum atomic E-state index is 0.388. The first kappa shape index (κ1) is 13.6. The third kappa shape index (κ3) is 3.36. The van der Waals surface area contributed by atoms with E-state index in [9.17, 15) is 0 Å². The molecule has 0 radical (unpaired) electrons. The molecule has 1 saturated heterocycles. The Labute approximate surface area is 111 Å². The fraction of sp³-hybridized carbons (Fsp3) is 0.733. The quantitative estimate of drug-likeness (QED) is 0.871. The summed E-state index contributed by atoms with van der Waals surface area (Å²) in [5.41, 5.74) is 0. The van der Waals surface area contributed by atoms with Crippen molar-refractivity contribution in [2.75, 3.05) is 26.2 Å². The van der Waals surface area contributed by atoms with Crippen molar-refractivity contribution < 1.29 is 4.42 Å². The van der Waals surface area contributed by atoms with Crippen LogP contribution in [0.5, 0.6) is 0 Å². The highest BCUT2D eigenvalue weighted by Gasteiger charge is 2.22. The van der Waals surface area contributed by atoms with Crippen LogP contribution in [0.1, 0.15) is 44.3 Å². The van der Waals surface area contributed by atoms with Crippen molar-refractivity contribution in [1.29, 1.82) is 0 Å². The second kappa shape index (κ2) is 6.39. The number of furan rings is 1. The monoisotopic (exact) mass is 250 g/mol. The molecule has 0 saturated carbocycles. The van der Waals surface area contributed by atoms with Crippen molar-refractivity contribution in [1.82, 2.24) is 10.2 Å². The van der Waals surface area contributed by atoms with E-state index in [1.54, 1.807) is 0 Å². The normalized spacial score (nSPS) is 19.3. The molecule has 1 aliphatic rings. The minimum Gasteiger partial charge on any atom is -0.465 e. The summed E-state index contributed by atoms with van der Waals surface area (Å²) in [7, 11) is 0. The molecule has 1 aliphatic heterocycles. The predicted octanol–water partition coefficient (Wildman–Crippen LogP) is 2.97. The number of nitrogens with one attached hydrogen (secondary N) is 1. The second-order valence-electron chi connectivity index (χ2n) is 5.41. The first-order valence-corrected chi connectivity index (χ1v) is 7.21. The molecule has 3 heteroatoms. The highest BCUT2D eigenvalue weighted by atomic mass is 16.3. The second-order valence-corrected chi connectivity index (χ2v) is 5.41. The van der Waals surface area contributed by atoms with Crippen molar-refractivity contribution in [3.8, 4) is 0 Å². The van der Waals surface area contributed by atoms with Gasteiger partial charge in [0.05, 0.1) is 6.04 Å². The predicted molar refractivity (Wildman–Crippen MR) is 74.7 cm³/mol. The Morgan fingerprint density at radius 1 is 1.39 bits per heavy atom. The number of hydrogen-bond donors (Lipinski definition) is 1. The van der Waals surface area contributed by atoms with Crippen LogP contribution in [-0.4, -0.2) is 31.1 Å². The third-order valence-corrected chi connectivity index (χ3v) is 4.08. The van der Waals surface area contributed by atoms with E-state index in [0.29, 0.717) is 6.04 Å². The van der Waals surface area contributed by atoms with Crippen LogP contribution in [-0.2, 0) is 0 Å². The molecule has 1 aromatic rings. The molecular weight excluding hydrogens is 224 g/mol. The lowest BCUT2D eigenvalue weighted by Crippen LogP contribution is -2.37. The molecule has 0 aromatic carbocycles. The van der Waals surface area contributed by atoms with E-state index < -0.39 is 0 Å². The molecule has 1 N–H and O–H groups in total. The van der Waals surface area contributed by atoms with Gasteiger partial charge in [-0.05, 0) is 64.4 Å². The van der Waals surface area contributed by atoms with Gasteiger partial charge in [0.25, 0.3) is 0 Å². The van der Waals surface area contributed by atoms with Gasteiger partial charge in [0, 0.05) is 6.54 Å². The Morgan fingerprint density at radius 3 is 2.67 bits per heavy atom. The summed E-state index contributed by atoms with van der Waals surface area (Å²) in [6.45, 7) is 11.1. The maximum absolute atomic E-state index is 5.76. The Morgan fingerprint density at radius 2 is 2.11 bits per heavy atom. The fourth-order valence-corrected chi connectivity index (χ4v) is 2.81. The maximum Gasteiger partial charge on any atom is 0.121 e. The fourth-order valence-electron chi connectivity index (χ4n) is 2.81. The largest absolute Gasteiger partial charge is 0.465 e. The van der Waals surface area contributed by atoms with Crippen molar-refractivity contribution >= 4 is 0 Å². The average Bonchev–Trinajstić information content (AvgIpc) is 2.83. The topological polar surface area (TPSA) is 28.4 Å². The smallest absolute Gasteiger partial charge is 0.121 e. The molecule has 18 heavy (non-hydrogen) atoms. The van der Waals surface area contributed by atoms with Gasteiger partial charge in [-0.2, -0.15) is 0 Å². The lowest BCUT2D eigenvalue weighted by Gasteiger charge is -2.32. The first-order chi connectivity index (χ1) is 8.70. The third-order valence-electron chi connectivity index (χ3n) is 4.08. The van der Waals surface area contributed by atoms with Crippen LogP contribution < -0.4 is 5.32 Å². The zero-order chi connectivity index (χ0) is 13.0. The lowest BCUT2D eigenvalue weighted by atomic mass is 9.97. The van der Waals surface area contributed by atoms with Crippen LogP contribution in [0.3, 0.4) is 0 Å². The van der Waals surface area contributed by atoms with Crippen LogP contribution >= 0.6 is 0 Å². The SMILES string of the molecule is CCN(CC1CCNCC1)C(C)c1ccc(C)o1. The summed E-state index contributed by atoms with van der Waals surface area (Å²) >= 11 is 0. The number of aryl methyl sites for hydroxylation is 1. The minimum absolute atomic E-state index is 0.388. The highest BCUT2D eigenvalue weighted by molar-refractivity contribution is 5.09. The maximum atomic E-state index is 5.76. The van der Waals surface area contributed by atoms with E-state index in [4.69, 9.17) is 4.42 Å². The lowest BCUT2D eigenvalue weighted by molar-refractivity contribution is 0.152. The summed E-state index contributed by atoms with van der Waals surface area (Å²) in [5, 5.41) is 3.43. The molecule has 0 amide bonds. The zero-order valence-electron chi connectivity index (χ0n) is 11.9. The number of nitrogens with zero attached hydrogens (tertiary/aromatic N) is 1. The summed E-state index contributed by atoms with van der Waals surface area (Å²) in [4.78, 5) is 2.54. The van der Waals surface area contributed by atoms with Gasteiger partial charge in [-0.25, -0.2) is 0 Å². The number of rotatable bonds is 5. The molecular formula is C15H26N2O. The van der Waals surface area contributed by atoms with Gasteiger partial charge in [0.2, 0.25) is 0 Å². The first-order valence-electron chi connectivity index (χ1n) is 7.21. The Bertz CT molecular complexity index is 355. The molecule has 102 valence electrons. The molecule has 1 fully saturated rings. The Kier molecular flexibility index (Phi) is 4.84. The molecule has 1 unspecified atom stereocenters. The molecule has 2 rings (SSSR count). The van der Waals surface area contributed by atoms with Crippen LogP contribution in [0.25, 0.3) is 0 Å². The molecule has 0 aliphatic carbocycles. The highest BCUT2D eigenvalue weighted by Crippen LogP contribution is 2.24. The molecule has 2 heterocycles. The molecule has 0 spiro atoms. The van der Waals surface area contributed by atoms with Crippen molar-refractivity contribution in [3.05, 3.63) is 23.7 Å². The van der Waals surface area contributed by atoms with Gasteiger partial charge in [-0.1, -0.05) is 6.92 Å². The summed E-state index contributed by atoms with van der Waals surface area (Å²) in [6, 6.07) is 4.56. The zero-order valence-corrected chi connectivity index (χ0v) is 11.9. The van der Waals surface area contributed by atoms with E-state index in [2.05, 4.69) is 36.2 Å². The van der Waals surface area contributed by atoms with Crippen LogP contribution in [0.4, 0.5) is 0 Å². The Hall–Kier alpha value is -0.800. The van der Waals surface area contributed by atoms with Gasteiger partial charge in [-0.3, -0.25) is 4.90 Å².